The van der Waals surface area contributed by atoms with Crippen molar-refractivity contribution in [1.82, 2.24) is 0 Å². The maximum Gasteiger partial charge on any atom is 0.163 e. The van der Waals surface area contributed by atoms with Crippen molar-refractivity contribution in [3.05, 3.63) is 12.2 Å². The Bertz CT molecular complexity index is 392. The number of allylic oxidation sites excluding steroid dienone is 1. The molecule has 2 rings (SSSR count). The summed E-state index contributed by atoms with van der Waals surface area (Å²) in [5.74, 6) is -1.14. The highest BCUT2D eigenvalue weighted by Crippen LogP contribution is 2.32. The summed E-state index contributed by atoms with van der Waals surface area (Å²) in [5, 5.41) is 0. The van der Waals surface area contributed by atoms with E-state index in [0.29, 0.717) is 19.8 Å². The molecule has 0 aliphatic carbocycles. The Morgan fingerprint density at radius 1 is 1.04 bits per heavy atom. The van der Waals surface area contributed by atoms with E-state index in [1.807, 2.05) is 27.7 Å². The van der Waals surface area contributed by atoms with Gasteiger partial charge in [-0.1, -0.05) is 19.1 Å². The molecule has 2 saturated heterocycles. The Balaban J connectivity index is 1.85. The van der Waals surface area contributed by atoms with Crippen molar-refractivity contribution in [2.24, 2.45) is 0 Å². The second kappa shape index (κ2) is 8.28. The van der Waals surface area contributed by atoms with E-state index in [1.54, 1.807) is 0 Å². The fourth-order valence-corrected chi connectivity index (χ4v) is 3.08. The van der Waals surface area contributed by atoms with E-state index in [-0.39, 0.29) is 18.3 Å². The molecule has 5 heteroatoms. The molecule has 0 N–H and O–H groups in total. The molecule has 0 aromatic carbocycles. The molecule has 0 saturated carbocycles. The van der Waals surface area contributed by atoms with Crippen molar-refractivity contribution >= 4 is 0 Å². The third-order valence-electron chi connectivity index (χ3n) is 4.53. The maximum absolute atomic E-state index is 6.17. The normalized spacial score (nSPS) is 29.7. The molecule has 2 aliphatic rings. The molecule has 0 aromatic heterocycles. The standard InChI is InChI=1S/C19H34O5/c1-7-14(2)10-8-9-11-20-17(15-12-21-18(3,4)23-15)16-13-22-19(5,6)24-16/h15-17H,2,7-13H2,1,3-6H3. The number of rotatable bonds is 9. The Kier molecular flexibility index (Phi) is 6.85. The molecule has 0 aromatic rings. The Morgan fingerprint density at radius 2 is 1.58 bits per heavy atom. The average molecular weight is 342 g/mol. The second-order valence-corrected chi connectivity index (χ2v) is 7.63. The highest BCUT2D eigenvalue weighted by atomic mass is 16.8. The van der Waals surface area contributed by atoms with Crippen molar-refractivity contribution in [3.8, 4) is 0 Å². The fourth-order valence-electron chi connectivity index (χ4n) is 3.08. The van der Waals surface area contributed by atoms with E-state index in [9.17, 15) is 0 Å². The van der Waals surface area contributed by atoms with Crippen LogP contribution in [0.5, 0.6) is 0 Å². The summed E-state index contributed by atoms with van der Waals surface area (Å²) >= 11 is 0. The number of unbranched alkanes of at least 4 members (excludes halogenated alkanes) is 1. The van der Waals surface area contributed by atoms with Crippen LogP contribution in [0.25, 0.3) is 0 Å². The molecule has 0 bridgehead atoms. The molecule has 2 fully saturated rings. The minimum absolute atomic E-state index is 0.131. The Hall–Kier alpha value is -0.460. The van der Waals surface area contributed by atoms with Crippen LogP contribution >= 0.6 is 0 Å². The van der Waals surface area contributed by atoms with Crippen LogP contribution in [0.1, 0.15) is 60.3 Å². The molecule has 140 valence electrons. The Labute approximate surface area is 146 Å². The van der Waals surface area contributed by atoms with E-state index in [0.717, 1.165) is 25.7 Å². The third-order valence-corrected chi connectivity index (χ3v) is 4.53. The summed E-state index contributed by atoms with van der Waals surface area (Å²) in [4.78, 5) is 0. The monoisotopic (exact) mass is 342 g/mol. The zero-order valence-corrected chi connectivity index (χ0v) is 15.9. The minimum atomic E-state index is -0.569. The van der Waals surface area contributed by atoms with Gasteiger partial charge in [0.15, 0.2) is 11.6 Å². The first-order chi connectivity index (χ1) is 11.2. The van der Waals surface area contributed by atoms with Gasteiger partial charge in [0.25, 0.3) is 0 Å². The predicted octanol–water partition coefficient (Wildman–Crippen LogP) is 3.81. The molecule has 2 aliphatic heterocycles. The highest BCUT2D eigenvalue weighted by Gasteiger charge is 2.46. The van der Waals surface area contributed by atoms with Gasteiger partial charge < -0.3 is 23.7 Å². The molecular formula is C19H34O5. The molecule has 5 nitrogen and oxygen atoms in total. The molecule has 0 radical (unpaired) electrons. The first-order valence-electron chi connectivity index (χ1n) is 9.14. The fraction of sp³-hybridized carbons (Fsp3) is 0.895. The molecule has 2 atom stereocenters. The van der Waals surface area contributed by atoms with Crippen LogP contribution in [0.15, 0.2) is 12.2 Å². The predicted molar refractivity (Wildman–Crippen MR) is 92.8 cm³/mol. The topological polar surface area (TPSA) is 46.2 Å². The second-order valence-electron chi connectivity index (χ2n) is 7.63. The van der Waals surface area contributed by atoms with Crippen LogP contribution in [0, 0.1) is 0 Å². The van der Waals surface area contributed by atoms with Crippen molar-refractivity contribution < 1.29 is 23.7 Å². The lowest BCUT2D eigenvalue weighted by molar-refractivity contribution is -0.188. The van der Waals surface area contributed by atoms with Gasteiger partial charge in [-0.25, -0.2) is 0 Å². The quantitative estimate of drug-likeness (QED) is 0.471. The summed E-state index contributed by atoms with van der Waals surface area (Å²) in [6.07, 6.45) is 3.78. The van der Waals surface area contributed by atoms with E-state index in [4.69, 9.17) is 23.7 Å². The van der Waals surface area contributed by atoms with Gasteiger partial charge in [0.2, 0.25) is 0 Å². The molecule has 2 unspecified atom stereocenters. The molecule has 0 spiro atoms. The van der Waals surface area contributed by atoms with Crippen molar-refractivity contribution in [3.63, 3.8) is 0 Å². The van der Waals surface area contributed by atoms with Crippen LogP contribution in [0.3, 0.4) is 0 Å². The van der Waals surface area contributed by atoms with Gasteiger partial charge in [0, 0.05) is 6.61 Å². The van der Waals surface area contributed by atoms with E-state index < -0.39 is 11.6 Å². The Morgan fingerprint density at radius 3 is 2.00 bits per heavy atom. The number of hydrogen-bond acceptors (Lipinski definition) is 5. The van der Waals surface area contributed by atoms with Crippen LogP contribution in [0.2, 0.25) is 0 Å². The molecule has 0 amide bonds. The van der Waals surface area contributed by atoms with E-state index >= 15 is 0 Å². The van der Waals surface area contributed by atoms with Crippen LogP contribution in [-0.4, -0.2) is 49.7 Å². The average Bonchev–Trinajstić information content (AvgIpc) is 3.04. The van der Waals surface area contributed by atoms with Gasteiger partial charge in [-0.05, 0) is 53.4 Å². The smallest absolute Gasteiger partial charge is 0.163 e. The van der Waals surface area contributed by atoms with Crippen molar-refractivity contribution in [2.75, 3.05) is 19.8 Å². The van der Waals surface area contributed by atoms with Gasteiger partial charge in [0.05, 0.1) is 13.2 Å². The summed E-state index contributed by atoms with van der Waals surface area (Å²) in [6.45, 7) is 15.6. The van der Waals surface area contributed by atoms with Gasteiger partial charge in [0.1, 0.15) is 18.3 Å². The van der Waals surface area contributed by atoms with Crippen LogP contribution in [0.4, 0.5) is 0 Å². The minimum Gasteiger partial charge on any atom is -0.373 e. The lowest BCUT2D eigenvalue weighted by Gasteiger charge is -2.29. The van der Waals surface area contributed by atoms with Crippen LogP contribution < -0.4 is 0 Å². The SMILES string of the molecule is C=C(CC)CCCCOC(C1COC(C)(C)O1)C1COC(C)(C)O1. The lowest BCUT2D eigenvalue weighted by Crippen LogP contribution is -2.44. The van der Waals surface area contributed by atoms with E-state index in [2.05, 4.69) is 13.5 Å². The summed E-state index contributed by atoms with van der Waals surface area (Å²) in [7, 11) is 0. The largest absolute Gasteiger partial charge is 0.373 e. The van der Waals surface area contributed by atoms with Gasteiger partial charge in [-0.15, -0.1) is 0 Å². The first-order valence-corrected chi connectivity index (χ1v) is 9.14. The van der Waals surface area contributed by atoms with Gasteiger partial charge in [-0.2, -0.15) is 0 Å². The van der Waals surface area contributed by atoms with Crippen LogP contribution in [-0.2, 0) is 23.7 Å². The highest BCUT2D eigenvalue weighted by molar-refractivity contribution is 4.92. The van der Waals surface area contributed by atoms with Crippen molar-refractivity contribution in [1.29, 1.82) is 0 Å². The molecule has 2 heterocycles. The summed E-state index contributed by atoms with van der Waals surface area (Å²) < 4.78 is 29.6. The van der Waals surface area contributed by atoms with Gasteiger partial charge in [-0.3, -0.25) is 0 Å². The lowest BCUT2D eigenvalue weighted by atomic mass is 10.1. The summed E-state index contributed by atoms with van der Waals surface area (Å²) in [5.41, 5.74) is 1.30. The third kappa shape index (κ3) is 5.81. The maximum atomic E-state index is 6.17. The number of hydrogen-bond donors (Lipinski definition) is 0. The molecular weight excluding hydrogens is 308 g/mol. The zero-order chi connectivity index (χ0) is 17.8. The first kappa shape index (κ1) is 19.9. The van der Waals surface area contributed by atoms with Gasteiger partial charge >= 0.3 is 0 Å². The zero-order valence-electron chi connectivity index (χ0n) is 15.9. The molecule has 24 heavy (non-hydrogen) atoms. The van der Waals surface area contributed by atoms with Crippen molar-refractivity contribution in [2.45, 2.75) is 90.2 Å². The van der Waals surface area contributed by atoms with E-state index in [1.165, 1.54) is 5.57 Å². The number of ether oxygens (including phenoxy) is 5. The summed E-state index contributed by atoms with van der Waals surface area (Å²) in [6, 6.07) is 0.